The lowest BCUT2D eigenvalue weighted by atomic mass is 9.65. The molecular formula is C11H17BrO4. The number of carboxylic acids is 1. The molecule has 3 atom stereocenters. The first kappa shape index (κ1) is 13.5. The van der Waals surface area contributed by atoms with Gasteiger partial charge in [0.05, 0.1) is 18.4 Å². The summed E-state index contributed by atoms with van der Waals surface area (Å²) in [7, 11) is 1.34. The summed E-state index contributed by atoms with van der Waals surface area (Å²) in [6.07, 6.45) is 1.07. The van der Waals surface area contributed by atoms with E-state index in [2.05, 4.69) is 15.9 Å². The third-order valence-corrected chi connectivity index (χ3v) is 5.36. The number of methoxy groups -OCH3 is 1. The van der Waals surface area contributed by atoms with Crippen molar-refractivity contribution in [1.82, 2.24) is 0 Å². The molecule has 16 heavy (non-hydrogen) atoms. The van der Waals surface area contributed by atoms with Crippen LogP contribution in [0.25, 0.3) is 0 Å². The van der Waals surface area contributed by atoms with Gasteiger partial charge in [0.1, 0.15) is 0 Å². The highest BCUT2D eigenvalue weighted by molar-refractivity contribution is 9.09. The summed E-state index contributed by atoms with van der Waals surface area (Å²) in [5.74, 6) is -1.51. The number of halogens is 1. The summed E-state index contributed by atoms with van der Waals surface area (Å²) in [6.45, 7) is 3.55. The van der Waals surface area contributed by atoms with Crippen molar-refractivity contribution in [1.29, 1.82) is 0 Å². The monoisotopic (exact) mass is 292 g/mol. The van der Waals surface area contributed by atoms with Crippen LogP contribution in [0.4, 0.5) is 0 Å². The number of aliphatic carboxylic acids is 1. The number of carbonyl (C=O) groups excluding carboxylic acids is 1. The predicted octanol–water partition coefficient (Wildman–Crippen LogP) is 2.06. The highest BCUT2D eigenvalue weighted by atomic mass is 79.9. The Kier molecular flexibility index (Phi) is 3.67. The molecule has 0 aromatic carbocycles. The molecule has 0 amide bonds. The molecule has 1 aliphatic rings. The number of carboxylic acid groups (broad SMARTS) is 1. The SMILES string of the molecule is COC(=O)C1CCC(C)(C(=O)O)C1(C)CBr. The van der Waals surface area contributed by atoms with Crippen LogP contribution in [0, 0.1) is 16.7 Å². The van der Waals surface area contributed by atoms with Gasteiger partial charge in [0, 0.05) is 10.7 Å². The lowest BCUT2D eigenvalue weighted by Gasteiger charge is -2.39. The van der Waals surface area contributed by atoms with Crippen molar-refractivity contribution in [2.45, 2.75) is 26.7 Å². The van der Waals surface area contributed by atoms with Crippen LogP contribution in [0.2, 0.25) is 0 Å². The van der Waals surface area contributed by atoms with Crippen LogP contribution in [0.1, 0.15) is 26.7 Å². The molecule has 1 rings (SSSR count). The average molecular weight is 293 g/mol. The maximum absolute atomic E-state index is 11.7. The highest BCUT2D eigenvalue weighted by Crippen LogP contribution is 2.57. The molecule has 3 unspecified atom stereocenters. The number of esters is 1. The van der Waals surface area contributed by atoms with Gasteiger partial charge in [0.15, 0.2) is 0 Å². The van der Waals surface area contributed by atoms with Gasteiger partial charge in [-0.05, 0) is 19.8 Å². The van der Waals surface area contributed by atoms with Crippen molar-refractivity contribution in [3.05, 3.63) is 0 Å². The Balaban J connectivity index is 3.13. The molecule has 4 nitrogen and oxygen atoms in total. The summed E-state index contributed by atoms with van der Waals surface area (Å²) < 4.78 is 4.75. The fourth-order valence-corrected chi connectivity index (χ4v) is 3.54. The van der Waals surface area contributed by atoms with Gasteiger partial charge >= 0.3 is 11.9 Å². The molecule has 0 aliphatic heterocycles. The van der Waals surface area contributed by atoms with Crippen LogP contribution in [-0.2, 0) is 14.3 Å². The molecular weight excluding hydrogens is 276 g/mol. The van der Waals surface area contributed by atoms with E-state index in [-0.39, 0.29) is 11.9 Å². The zero-order chi connectivity index (χ0) is 12.6. The molecule has 5 heteroatoms. The van der Waals surface area contributed by atoms with Crippen molar-refractivity contribution in [2.75, 3.05) is 12.4 Å². The van der Waals surface area contributed by atoms with Gasteiger partial charge in [-0.3, -0.25) is 9.59 Å². The van der Waals surface area contributed by atoms with Gasteiger partial charge in [0.25, 0.3) is 0 Å². The van der Waals surface area contributed by atoms with E-state index in [1.165, 1.54) is 7.11 Å². The Morgan fingerprint density at radius 1 is 1.50 bits per heavy atom. The topological polar surface area (TPSA) is 63.6 Å². The molecule has 0 spiro atoms. The number of alkyl halides is 1. The number of carbonyl (C=O) groups is 2. The Hall–Kier alpha value is -0.580. The lowest BCUT2D eigenvalue weighted by Crippen LogP contribution is -2.46. The van der Waals surface area contributed by atoms with Crippen molar-refractivity contribution >= 4 is 27.9 Å². The molecule has 0 aromatic rings. The number of ether oxygens (including phenoxy) is 1. The van der Waals surface area contributed by atoms with Crippen LogP contribution in [0.15, 0.2) is 0 Å². The maximum Gasteiger partial charge on any atom is 0.309 e. The van der Waals surface area contributed by atoms with E-state index in [9.17, 15) is 14.7 Å². The van der Waals surface area contributed by atoms with E-state index in [0.717, 1.165) is 0 Å². The zero-order valence-electron chi connectivity index (χ0n) is 9.75. The molecule has 1 saturated carbocycles. The molecule has 0 bridgehead atoms. The smallest absolute Gasteiger partial charge is 0.309 e. The Labute approximate surface area is 103 Å². The molecule has 0 heterocycles. The molecule has 0 saturated heterocycles. The third kappa shape index (κ3) is 1.65. The van der Waals surface area contributed by atoms with Crippen molar-refractivity contribution < 1.29 is 19.4 Å². The van der Waals surface area contributed by atoms with E-state index >= 15 is 0 Å². The van der Waals surface area contributed by atoms with Crippen molar-refractivity contribution in [3.8, 4) is 0 Å². The largest absolute Gasteiger partial charge is 0.481 e. The Morgan fingerprint density at radius 2 is 2.06 bits per heavy atom. The average Bonchev–Trinajstić information content (AvgIpc) is 2.53. The molecule has 1 fully saturated rings. The fraction of sp³-hybridized carbons (Fsp3) is 0.818. The van der Waals surface area contributed by atoms with Gasteiger partial charge in [-0.15, -0.1) is 0 Å². The van der Waals surface area contributed by atoms with Crippen molar-refractivity contribution in [3.63, 3.8) is 0 Å². The van der Waals surface area contributed by atoms with Gasteiger partial charge in [0.2, 0.25) is 0 Å². The first-order valence-electron chi connectivity index (χ1n) is 5.20. The van der Waals surface area contributed by atoms with E-state index in [4.69, 9.17) is 4.74 Å². The minimum absolute atomic E-state index is 0.313. The van der Waals surface area contributed by atoms with Gasteiger partial charge in [-0.2, -0.15) is 0 Å². The minimum atomic E-state index is -0.880. The third-order valence-electron chi connectivity index (χ3n) is 4.20. The molecule has 0 aromatic heterocycles. The summed E-state index contributed by atoms with van der Waals surface area (Å²) in [5, 5.41) is 9.81. The van der Waals surface area contributed by atoms with Crippen LogP contribution >= 0.6 is 15.9 Å². The van der Waals surface area contributed by atoms with Crippen LogP contribution < -0.4 is 0 Å². The van der Waals surface area contributed by atoms with Crippen LogP contribution in [0.3, 0.4) is 0 Å². The Bertz CT molecular complexity index is 317. The fourth-order valence-electron chi connectivity index (χ4n) is 2.53. The summed E-state index contributed by atoms with van der Waals surface area (Å²) in [4.78, 5) is 23.0. The summed E-state index contributed by atoms with van der Waals surface area (Å²) >= 11 is 3.34. The molecule has 92 valence electrons. The van der Waals surface area contributed by atoms with Gasteiger partial charge < -0.3 is 9.84 Å². The second-order valence-electron chi connectivity index (χ2n) is 4.80. The second-order valence-corrected chi connectivity index (χ2v) is 5.36. The van der Waals surface area contributed by atoms with E-state index < -0.39 is 16.8 Å². The van der Waals surface area contributed by atoms with Crippen LogP contribution in [-0.4, -0.2) is 29.5 Å². The lowest BCUT2D eigenvalue weighted by molar-refractivity contribution is -0.158. The van der Waals surface area contributed by atoms with E-state index in [1.54, 1.807) is 6.92 Å². The second kappa shape index (κ2) is 4.35. The quantitative estimate of drug-likeness (QED) is 0.639. The molecule has 1 N–H and O–H groups in total. The normalized spacial score (nSPS) is 38.4. The minimum Gasteiger partial charge on any atom is -0.481 e. The Morgan fingerprint density at radius 3 is 2.44 bits per heavy atom. The van der Waals surface area contributed by atoms with Crippen LogP contribution in [0.5, 0.6) is 0 Å². The van der Waals surface area contributed by atoms with Crippen molar-refractivity contribution in [2.24, 2.45) is 16.7 Å². The molecule has 1 aliphatic carbocycles. The standard InChI is InChI=1S/C11H17BrO4/c1-10(9(14)15)5-4-7(8(13)16-3)11(10,2)6-12/h7H,4-6H2,1-3H3,(H,14,15). The first-order valence-corrected chi connectivity index (χ1v) is 6.33. The van der Waals surface area contributed by atoms with E-state index in [0.29, 0.717) is 18.2 Å². The van der Waals surface area contributed by atoms with E-state index in [1.807, 2.05) is 6.92 Å². The molecule has 0 radical (unpaired) electrons. The first-order chi connectivity index (χ1) is 7.33. The van der Waals surface area contributed by atoms with Gasteiger partial charge in [-0.25, -0.2) is 0 Å². The summed E-state index contributed by atoms with van der Waals surface area (Å²) in [6, 6.07) is 0. The highest BCUT2D eigenvalue weighted by Gasteiger charge is 2.60. The van der Waals surface area contributed by atoms with Gasteiger partial charge in [-0.1, -0.05) is 22.9 Å². The summed E-state index contributed by atoms with van der Waals surface area (Å²) in [5.41, 5.74) is -1.48. The zero-order valence-corrected chi connectivity index (χ0v) is 11.3. The number of hydrogen-bond donors (Lipinski definition) is 1. The predicted molar refractivity (Wildman–Crippen MR) is 62.4 cm³/mol. The maximum atomic E-state index is 11.7. The number of hydrogen-bond acceptors (Lipinski definition) is 3. The number of rotatable bonds is 3.